The highest BCUT2D eigenvalue weighted by molar-refractivity contribution is 6.78. The Hall–Kier alpha value is 0.137. The lowest BCUT2D eigenvalue weighted by Gasteiger charge is -2.48. The summed E-state index contributed by atoms with van der Waals surface area (Å²) in [5, 5.41) is 0. The van der Waals surface area contributed by atoms with Crippen molar-refractivity contribution in [3.05, 3.63) is 0 Å². The Bertz CT molecular complexity index is 208. The minimum absolute atomic E-state index is 0.166. The largest absolute Gasteiger partial charge is 0.320 e. The summed E-state index contributed by atoms with van der Waals surface area (Å²) in [6, 6.07) is 0. The van der Waals surface area contributed by atoms with Gasteiger partial charge in [-0.2, -0.15) is 0 Å². The second-order valence-electron chi connectivity index (χ2n) is 7.93. The monoisotopic (exact) mass is 258 g/mol. The zero-order valence-corrected chi connectivity index (χ0v) is 14.7. The molecular formula is C14H34N2Si. The molecule has 0 aliphatic heterocycles. The summed E-state index contributed by atoms with van der Waals surface area (Å²) in [5.74, 6) is 0. The van der Waals surface area contributed by atoms with E-state index in [1.165, 1.54) is 0 Å². The topological polar surface area (TPSA) is 24.1 Å². The molecule has 3 heteroatoms. The summed E-state index contributed by atoms with van der Waals surface area (Å²) >= 11 is 0. The summed E-state index contributed by atoms with van der Waals surface area (Å²) in [7, 11) is -1.72. The van der Waals surface area contributed by atoms with Crippen LogP contribution >= 0.6 is 0 Å². The molecule has 0 radical (unpaired) electrons. The Balaban J connectivity index is 5.30. The Morgan fingerprint density at radius 1 is 0.647 bits per heavy atom. The second-order valence-corrected chi connectivity index (χ2v) is 12.5. The Kier molecular flexibility index (Phi) is 5.46. The van der Waals surface area contributed by atoms with Crippen molar-refractivity contribution >= 4 is 8.40 Å². The molecule has 0 saturated heterocycles. The van der Waals surface area contributed by atoms with Gasteiger partial charge >= 0.3 is 0 Å². The molecule has 0 rings (SSSR count). The number of nitrogens with one attached hydrogen (secondary N) is 2. The zero-order valence-electron chi connectivity index (χ0n) is 13.7. The van der Waals surface area contributed by atoms with Crippen LogP contribution in [-0.4, -0.2) is 19.5 Å². The van der Waals surface area contributed by atoms with Gasteiger partial charge in [0.25, 0.3) is 0 Å². The van der Waals surface area contributed by atoms with E-state index in [0.29, 0.717) is 11.1 Å². The quantitative estimate of drug-likeness (QED) is 0.744. The van der Waals surface area contributed by atoms with E-state index in [1.807, 2.05) is 0 Å². The lowest BCUT2D eigenvalue weighted by Crippen LogP contribution is -2.74. The Morgan fingerprint density at radius 3 is 1.00 bits per heavy atom. The highest BCUT2D eigenvalue weighted by atomic mass is 28.3. The predicted octanol–water partition coefficient (Wildman–Crippen LogP) is 4.02. The molecule has 2 N–H and O–H groups in total. The molecule has 0 aromatic rings. The lowest BCUT2D eigenvalue weighted by atomic mass is 10.1. The Morgan fingerprint density at radius 2 is 0.882 bits per heavy atom. The van der Waals surface area contributed by atoms with E-state index in [9.17, 15) is 0 Å². The standard InChI is InChI=1S/C14H34N2Si/c1-11(2)17(12(3)4,15-13(5,6)7)16-14(8,9)10/h11-12,15-16H,1-10H3. The summed E-state index contributed by atoms with van der Waals surface area (Å²) in [5.41, 5.74) is 1.67. The van der Waals surface area contributed by atoms with Crippen LogP contribution in [0.25, 0.3) is 0 Å². The molecule has 0 aliphatic carbocycles. The maximum Gasteiger partial charge on any atom is 0.207 e. The van der Waals surface area contributed by atoms with Crippen LogP contribution in [0.5, 0.6) is 0 Å². The van der Waals surface area contributed by atoms with E-state index in [1.54, 1.807) is 0 Å². The summed E-state index contributed by atoms with van der Waals surface area (Å²) in [6.45, 7) is 23.0. The summed E-state index contributed by atoms with van der Waals surface area (Å²) in [4.78, 5) is 7.91. The van der Waals surface area contributed by atoms with Gasteiger partial charge in [0.2, 0.25) is 8.40 Å². The minimum Gasteiger partial charge on any atom is -0.320 e. The van der Waals surface area contributed by atoms with E-state index < -0.39 is 8.40 Å². The van der Waals surface area contributed by atoms with Crippen LogP contribution in [0, 0.1) is 0 Å². The van der Waals surface area contributed by atoms with Crippen LogP contribution in [-0.2, 0) is 0 Å². The normalized spacial score (nSPS) is 14.8. The third kappa shape index (κ3) is 5.54. The van der Waals surface area contributed by atoms with Crippen LogP contribution < -0.4 is 9.96 Å². The molecule has 104 valence electrons. The molecule has 0 spiro atoms. The fraction of sp³-hybridized carbons (Fsp3) is 1.00. The highest BCUT2D eigenvalue weighted by Gasteiger charge is 2.45. The SMILES string of the molecule is CC(C)[Si](NC(C)(C)C)(NC(C)(C)C)C(C)C. The van der Waals surface area contributed by atoms with Crippen molar-refractivity contribution in [2.24, 2.45) is 0 Å². The third-order valence-electron chi connectivity index (χ3n) is 2.99. The molecule has 2 nitrogen and oxygen atoms in total. The fourth-order valence-electron chi connectivity index (χ4n) is 2.52. The molecule has 0 amide bonds. The number of hydrogen-bond donors (Lipinski definition) is 2. The molecule has 0 fully saturated rings. The molecule has 0 unspecified atom stereocenters. The van der Waals surface area contributed by atoms with Crippen molar-refractivity contribution in [2.45, 2.75) is 91.4 Å². The van der Waals surface area contributed by atoms with Crippen molar-refractivity contribution < 1.29 is 0 Å². The van der Waals surface area contributed by atoms with Crippen molar-refractivity contribution in [3.8, 4) is 0 Å². The van der Waals surface area contributed by atoms with Crippen LogP contribution in [0.3, 0.4) is 0 Å². The predicted molar refractivity (Wildman–Crippen MR) is 81.7 cm³/mol. The molecule has 17 heavy (non-hydrogen) atoms. The van der Waals surface area contributed by atoms with Gasteiger partial charge < -0.3 is 9.96 Å². The molecule has 0 heterocycles. The van der Waals surface area contributed by atoms with Gasteiger partial charge in [-0.15, -0.1) is 0 Å². The first-order valence-corrected chi connectivity index (χ1v) is 9.04. The van der Waals surface area contributed by atoms with Gasteiger partial charge in [-0.3, -0.25) is 0 Å². The van der Waals surface area contributed by atoms with Crippen LogP contribution in [0.4, 0.5) is 0 Å². The molecule has 0 saturated carbocycles. The smallest absolute Gasteiger partial charge is 0.207 e. The molecule has 0 aromatic carbocycles. The van der Waals surface area contributed by atoms with Crippen LogP contribution in [0.15, 0.2) is 0 Å². The van der Waals surface area contributed by atoms with Gasteiger partial charge in [-0.25, -0.2) is 0 Å². The lowest BCUT2D eigenvalue weighted by molar-refractivity contribution is 0.443. The van der Waals surface area contributed by atoms with E-state index >= 15 is 0 Å². The van der Waals surface area contributed by atoms with Gasteiger partial charge in [0.15, 0.2) is 0 Å². The molecular weight excluding hydrogens is 224 g/mol. The average Bonchev–Trinajstić information content (AvgIpc) is 1.96. The highest BCUT2D eigenvalue weighted by Crippen LogP contribution is 2.31. The van der Waals surface area contributed by atoms with Crippen LogP contribution in [0.1, 0.15) is 69.2 Å². The molecule has 0 atom stereocenters. The zero-order chi connectivity index (χ0) is 14.1. The molecule has 0 aliphatic rings. The minimum atomic E-state index is -1.72. The first-order valence-electron chi connectivity index (χ1n) is 6.89. The van der Waals surface area contributed by atoms with Gasteiger partial charge in [-0.05, 0) is 52.6 Å². The first-order chi connectivity index (χ1) is 7.30. The van der Waals surface area contributed by atoms with Crippen molar-refractivity contribution in [1.82, 2.24) is 9.96 Å². The Labute approximate surface area is 110 Å². The molecule has 0 bridgehead atoms. The number of rotatable bonds is 4. The van der Waals surface area contributed by atoms with Gasteiger partial charge in [0, 0.05) is 11.1 Å². The number of hydrogen-bond acceptors (Lipinski definition) is 2. The first kappa shape index (κ1) is 17.1. The maximum atomic E-state index is 3.95. The molecule has 0 aromatic heterocycles. The van der Waals surface area contributed by atoms with Crippen molar-refractivity contribution in [3.63, 3.8) is 0 Å². The van der Waals surface area contributed by atoms with Gasteiger partial charge in [-0.1, -0.05) is 27.7 Å². The van der Waals surface area contributed by atoms with Crippen molar-refractivity contribution in [1.29, 1.82) is 0 Å². The van der Waals surface area contributed by atoms with Gasteiger partial charge in [0.05, 0.1) is 0 Å². The van der Waals surface area contributed by atoms with E-state index in [2.05, 4.69) is 79.2 Å². The van der Waals surface area contributed by atoms with E-state index in [4.69, 9.17) is 0 Å². The summed E-state index contributed by atoms with van der Waals surface area (Å²) in [6.07, 6.45) is 0. The average molecular weight is 259 g/mol. The third-order valence-corrected chi connectivity index (χ3v) is 8.96. The van der Waals surface area contributed by atoms with E-state index in [0.717, 1.165) is 0 Å². The van der Waals surface area contributed by atoms with Crippen molar-refractivity contribution in [2.75, 3.05) is 0 Å². The van der Waals surface area contributed by atoms with Gasteiger partial charge in [0.1, 0.15) is 0 Å². The van der Waals surface area contributed by atoms with E-state index in [-0.39, 0.29) is 11.1 Å². The second kappa shape index (κ2) is 5.41. The fourth-order valence-corrected chi connectivity index (χ4v) is 7.55. The maximum absolute atomic E-state index is 3.95. The van der Waals surface area contributed by atoms with Crippen LogP contribution in [0.2, 0.25) is 11.1 Å². The summed E-state index contributed by atoms with van der Waals surface area (Å²) < 4.78 is 0.